The lowest BCUT2D eigenvalue weighted by Crippen LogP contribution is -2.14. The number of amides is 2. The number of benzene rings is 1. The maximum absolute atomic E-state index is 11.5. The van der Waals surface area contributed by atoms with Gasteiger partial charge in [0.15, 0.2) is 0 Å². The third-order valence-corrected chi connectivity index (χ3v) is 2.69. The van der Waals surface area contributed by atoms with Crippen molar-refractivity contribution in [3.05, 3.63) is 28.8 Å². The van der Waals surface area contributed by atoms with Crippen LogP contribution in [-0.4, -0.2) is 18.4 Å². The smallest absolute Gasteiger partial charge is 0.250 e. The van der Waals surface area contributed by atoms with E-state index in [0.29, 0.717) is 18.7 Å². The summed E-state index contributed by atoms with van der Waals surface area (Å²) in [7, 11) is 0. The lowest BCUT2D eigenvalue weighted by Gasteiger charge is -2.07. The molecule has 0 aliphatic rings. The van der Waals surface area contributed by atoms with E-state index in [1.165, 1.54) is 12.1 Å². The van der Waals surface area contributed by atoms with Crippen LogP contribution in [0.4, 0.5) is 5.69 Å². The molecule has 0 unspecified atom stereocenters. The molecule has 6 heteroatoms. The van der Waals surface area contributed by atoms with Gasteiger partial charge in [0, 0.05) is 12.1 Å². The monoisotopic (exact) mass is 269 g/mol. The Bertz CT molecular complexity index is 449. The Morgan fingerprint density at radius 2 is 2.00 bits per heavy atom. The fourth-order valence-electron chi connectivity index (χ4n) is 1.45. The Balaban J connectivity index is 2.60. The molecule has 0 spiro atoms. The van der Waals surface area contributed by atoms with Gasteiger partial charge in [-0.15, -0.1) is 0 Å². The van der Waals surface area contributed by atoms with Crippen LogP contribution in [0.25, 0.3) is 0 Å². The van der Waals surface area contributed by atoms with Gasteiger partial charge in [-0.2, -0.15) is 0 Å². The molecule has 1 aromatic rings. The van der Waals surface area contributed by atoms with Crippen molar-refractivity contribution in [3.63, 3.8) is 0 Å². The fourth-order valence-corrected chi connectivity index (χ4v) is 1.72. The molecule has 1 rings (SSSR count). The molecule has 0 saturated carbocycles. The molecule has 18 heavy (non-hydrogen) atoms. The molecule has 0 aromatic heterocycles. The van der Waals surface area contributed by atoms with E-state index in [9.17, 15) is 9.59 Å². The number of hydrogen-bond acceptors (Lipinski definition) is 3. The molecule has 98 valence electrons. The third kappa shape index (κ3) is 4.35. The van der Waals surface area contributed by atoms with Crippen molar-refractivity contribution in [2.45, 2.75) is 19.3 Å². The minimum Gasteiger partial charge on any atom is -0.366 e. The van der Waals surface area contributed by atoms with Crippen LogP contribution >= 0.6 is 11.6 Å². The SMILES string of the molecule is NCCCCC(=O)Nc1ccc(C(N)=O)c(Cl)c1. The summed E-state index contributed by atoms with van der Waals surface area (Å²) in [6.45, 7) is 0.576. The van der Waals surface area contributed by atoms with E-state index in [1.807, 2.05) is 0 Å². The van der Waals surface area contributed by atoms with Crippen LogP contribution in [0, 0.1) is 0 Å². The van der Waals surface area contributed by atoms with E-state index in [0.717, 1.165) is 12.8 Å². The van der Waals surface area contributed by atoms with Crippen molar-refractivity contribution in [3.8, 4) is 0 Å². The molecule has 0 saturated heterocycles. The van der Waals surface area contributed by atoms with Gasteiger partial charge in [-0.1, -0.05) is 11.6 Å². The number of unbranched alkanes of at least 4 members (excludes halogenated alkanes) is 1. The largest absolute Gasteiger partial charge is 0.366 e. The van der Waals surface area contributed by atoms with E-state index < -0.39 is 5.91 Å². The minimum atomic E-state index is -0.596. The number of carbonyl (C=O) groups excluding carboxylic acids is 2. The highest BCUT2D eigenvalue weighted by atomic mass is 35.5. The third-order valence-electron chi connectivity index (χ3n) is 2.38. The number of anilines is 1. The molecule has 1 aromatic carbocycles. The highest BCUT2D eigenvalue weighted by molar-refractivity contribution is 6.34. The van der Waals surface area contributed by atoms with Crippen LogP contribution < -0.4 is 16.8 Å². The van der Waals surface area contributed by atoms with E-state index in [-0.39, 0.29) is 16.5 Å². The van der Waals surface area contributed by atoms with E-state index in [4.69, 9.17) is 23.1 Å². The molecule has 0 atom stereocenters. The molecule has 5 nitrogen and oxygen atoms in total. The molecule has 2 amide bonds. The Hall–Kier alpha value is -1.59. The highest BCUT2D eigenvalue weighted by Crippen LogP contribution is 2.20. The molecule has 0 aliphatic heterocycles. The summed E-state index contributed by atoms with van der Waals surface area (Å²) in [5, 5.41) is 2.92. The van der Waals surface area contributed by atoms with Gasteiger partial charge in [-0.05, 0) is 37.6 Å². The van der Waals surface area contributed by atoms with Crippen LogP contribution in [0.15, 0.2) is 18.2 Å². The molecule has 0 fully saturated rings. The predicted molar refractivity (Wildman–Crippen MR) is 71.5 cm³/mol. The molecule has 5 N–H and O–H groups in total. The van der Waals surface area contributed by atoms with Crippen molar-refractivity contribution < 1.29 is 9.59 Å². The number of hydrogen-bond donors (Lipinski definition) is 3. The second-order valence-corrected chi connectivity index (χ2v) is 4.26. The molecular formula is C12H16ClN3O2. The minimum absolute atomic E-state index is 0.105. The number of nitrogens with one attached hydrogen (secondary N) is 1. The predicted octanol–water partition coefficient (Wildman–Crippen LogP) is 1.51. The van der Waals surface area contributed by atoms with Crippen molar-refractivity contribution in [2.75, 3.05) is 11.9 Å². The van der Waals surface area contributed by atoms with Gasteiger partial charge in [0.25, 0.3) is 0 Å². The second kappa shape index (κ2) is 6.98. The Kier molecular flexibility index (Phi) is 5.61. The van der Waals surface area contributed by atoms with Gasteiger partial charge in [0.05, 0.1) is 10.6 Å². The summed E-state index contributed by atoms with van der Waals surface area (Å²) in [5.74, 6) is -0.702. The molecule has 0 bridgehead atoms. The van der Waals surface area contributed by atoms with Gasteiger partial charge in [0.1, 0.15) is 0 Å². The van der Waals surface area contributed by atoms with E-state index in [1.54, 1.807) is 6.07 Å². The summed E-state index contributed by atoms with van der Waals surface area (Å²) in [4.78, 5) is 22.5. The number of halogens is 1. The lowest BCUT2D eigenvalue weighted by atomic mass is 10.2. The first-order valence-electron chi connectivity index (χ1n) is 5.64. The summed E-state index contributed by atoms with van der Waals surface area (Å²) in [6, 6.07) is 4.58. The van der Waals surface area contributed by atoms with Crippen LogP contribution in [-0.2, 0) is 4.79 Å². The standard InChI is InChI=1S/C12H16ClN3O2/c13-10-7-8(4-5-9(10)12(15)18)16-11(17)3-1-2-6-14/h4-5,7H,1-3,6,14H2,(H2,15,18)(H,16,17). The van der Waals surface area contributed by atoms with Crippen molar-refractivity contribution in [1.82, 2.24) is 0 Å². The first-order valence-corrected chi connectivity index (χ1v) is 6.01. The van der Waals surface area contributed by atoms with E-state index >= 15 is 0 Å². The van der Waals surface area contributed by atoms with Gasteiger partial charge < -0.3 is 16.8 Å². The molecular weight excluding hydrogens is 254 g/mol. The lowest BCUT2D eigenvalue weighted by molar-refractivity contribution is -0.116. The van der Waals surface area contributed by atoms with Crippen molar-refractivity contribution in [1.29, 1.82) is 0 Å². The topological polar surface area (TPSA) is 98.2 Å². The summed E-state index contributed by atoms with van der Waals surface area (Å²) >= 11 is 5.87. The summed E-state index contributed by atoms with van der Waals surface area (Å²) in [6.07, 6.45) is 1.97. The van der Waals surface area contributed by atoms with Crippen LogP contribution in [0.5, 0.6) is 0 Å². The zero-order valence-electron chi connectivity index (χ0n) is 9.91. The quantitative estimate of drug-likeness (QED) is 0.683. The Morgan fingerprint density at radius 3 is 2.56 bits per heavy atom. The maximum atomic E-state index is 11.5. The number of nitrogens with two attached hydrogens (primary N) is 2. The first-order chi connectivity index (χ1) is 8.54. The average molecular weight is 270 g/mol. The van der Waals surface area contributed by atoms with Crippen molar-refractivity contribution >= 4 is 29.1 Å². The fraction of sp³-hybridized carbons (Fsp3) is 0.333. The van der Waals surface area contributed by atoms with E-state index in [2.05, 4.69) is 5.32 Å². The highest BCUT2D eigenvalue weighted by Gasteiger charge is 2.08. The number of carbonyl (C=O) groups is 2. The number of primary amides is 1. The summed E-state index contributed by atoms with van der Waals surface area (Å²) in [5.41, 5.74) is 11.2. The second-order valence-electron chi connectivity index (χ2n) is 3.85. The Labute approximate surface area is 110 Å². The molecule has 0 radical (unpaired) electrons. The maximum Gasteiger partial charge on any atom is 0.250 e. The zero-order chi connectivity index (χ0) is 13.5. The van der Waals surface area contributed by atoms with Crippen molar-refractivity contribution in [2.24, 2.45) is 11.5 Å². The average Bonchev–Trinajstić information content (AvgIpc) is 2.28. The Morgan fingerprint density at radius 1 is 1.28 bits per heavy atom. The van der Waals surface area contributed by atoms with Gasteiger partial charge in [-0.25, -0.2) is 0 Å². The first kappa shape index (κ1) is 14.5. The summed E-state index contributed by atoms with van der Waals surface area (Å²) < 4.78 is 0. The van der Waals surface area contributed by atoms with Crippen LogP contribution in [0.2, 0.25) is 5.02 Å². The van der Waals surface area contributed by atoms with Gasteiger partial charge in [0.2, 0.25) is 11.8 Å². The molecule has 0 heterocycles. The number of rotatable bonds is 6. The zero-order valence-corrected chi connectivity index (χ0v) is 10.7. The van der Waals surface area contributed by atoms with Crippen LogP contribution in [0.1, 0.15) is 29.6 Å². The van der Waals surface area contributed by atoms with Crippen LogP contribution in [0.3, 0.4) is 0 Å². The normalized spacial score (nSPS) is 10.1. The van der Waals surface area contributed by atoms with Gasteiger partial charge >= 0.3 is 0 Å². The molecule has 0 aliphatic carbocycles. The van der Waals surface area contributed by atoms with Gasteiger partial charge in [-0.3, -0.25) is 9.59 Å².